The summed E-state index contributed by atoms with van der Waals surface area (Å²) in [7, 11) is -3.68. The first-order chi connectivity index (χ1) is 9.83. The number of halogens is 1. The van der Waals surface area contributed by atoms with E-state index in [1.807, 2.05) is 11.8 Å². The molecule has 1 fully saturated rings. The monoisotopic (exact) mass is 350 g/mol. The number of hydrogen-bond donors (Lipinski definition) is 2. The first kappa shape index (κ1) is 16.9. The Morgan fingerprint density at radius 2 is 2.14 bits per heavy atom. The third-order valence-corrected chi connectivity index (χ3v) is 7.92. The van der Waals surface area contributed by atoms with Crippen molar-refractivity contribution in [1.29, 1.82) is 0 Å². The first-order valence-corrected chi connectivity index (χ1v) is 10.3. The highest BCUT2D eigenvalue weighted by atomic mass is 32.2. The lowest BCUT2D eigenvalue weighted by molar-refractivity contribution is 0.579. The first-order valence-electron chi connectivity index (χ1n) is 6.57. The molecule has 1 aromatic carbocycles. The van der Waals surface area contributed by atoms with Gasteiger partial charge < -0.3 is 5.73 Å². The van der Waals surface area contributed by atoms with Crippen molar-refractivity contribution in [2.45, 2.75) is 24.0 Å². The van der Waals surface area contributed by atoms with E-state index in [2.05, 4.69) is 4.72 Å². The molecular formula is C13H19FN2O2S3. The zero-order chi connectivity index (χ0) is 15.6. The van der Waals surface area contributed by atoms with Crippen LogP contribution in [0.25, 0.3) is 0 Å². The molecule has 1 aliphatic heterocycles. The molecule has 0 amide bonds. The number of nitrogens with one attached hydrogen (secondary N) is 1. The van der Waals surface area contributed by atoms with Gasteiger partial charge in [-0.1, -0.05) is 0 Å². The summed E-state index contributed by atoms with van der Waals surface area (Å²) in [5, 5.41) is 0.275. The Morgan fingerprint density at radius 3 is 2.76 bits per heavy atom. The van der Waals surface area contributed by atoms with Crippen molar-refractivity contribution < 1.29 is 12.8 Å². The summed E-state index contributed by atoms with van der Waals surface area (Å²) >= 11 is 3.62. The summed E-state index contributed by atoms with van der Waals surface area (Å²) in [6, 6.07) is 1.17. The van der Waals surface area contributed by atoms with Crippen LogP contribution in [0.1, 0.15) is 11.1 Å². The molecule has 0 saturated carbocycles. The second-order valence-electron chi connectivity index (χ2n) is 4.96. The van der Waals surface area contributed by atoms with Crippen LogP contribution in [0.5, 0.6) is 0 Å². The van der Waals surface area contributed by atoms with Gasteiger partial charge in [0.25, 0.3) is 0 Å². The number of rotatable bonds is 4. The minimum Gasteiger partial charge on any atom is -0.396 e. The SMILES string of the molecule is Cc1cc(F)c(N)c(C)c1S(=O)(=O)NCC1CSCCS1. The van der Waals surface area contributed by atoms with Gasteiger partial charge in [-0.2, -0.15) is 23.5 Å². The van der Waals surface area contributed by atoms with Crippen molar-refractivity contribution in [1.82, 2.24) is 4.72 Å². The lowest BCUT2D eigenvalue weighted by Crippen LogP contribution is -2.34. The van der Waals surface area contributed by atoms with Crippen LogP contribution in [0.15, 0.2) is 11.0 Å². The smallest absolute Gasteiger partial charge is 0.241 e. The molecule has 0 aliphatic carbocycles. The number of hydrogen-bond acceptors (Lipinski definition) is 5. The van der Waals surface area contributed by atoms with Gasteiger partial charge in [0.1, 0.15) is 5.82 Å². The van der Waals surface area contributed by atoms with Gasteiger partial charge in [0.05, 0.1) is 10.6 Å². The average molecular weight is 351 g/mol. The van der Waals surface area contributed by atoms with Crippen molar-refractivity contribution in [3.63, 3.8) is 0 Å². The highest BCUT2D eigenvalue weighted by Crippen LogP contribution is 2.28. The number of thioether (sulfide) groups is 2. The minimum absolute atomic E-state index is 0.0925. The number of nitrogens with two attached hydrogens (primary N) is 1. The van der Waals surface area contributed by atoms with E-state index in [0.29, 0.717) is 12.1 Å². The van der Waals surface area contributed by atoms with Gasteiger partial charge in [-0.15, -0.1) is 0 Å². The Balaban J connectivity index is 2.21. The van der Waals surface area contributed by atoms with Crippen molar-refractivity contribution in [2.75, 3.05) is 29.5 Å². The highest BCUT2D eigenvalue weighted by Gasteiger charge is 2.24. The Morgan fingerprint density at radius 1 is 1.43 bits per heavy atom. The molecule has 21 heavy (non-hydrogen) atoms. The summed E-state index contributed by atoms with van der Waals surface area (Å²) in [5.74, 6) is 2.51. The fourth-order valence-corrected chi connectivity index (χ4v) is 6.55. The van der Waals surface area contributed by atoms with Gasteiger partial charge in [0.2, 0.25) is 10.0 Å². The molecule has 1 unspecified atom stereocenters. The van der Waals surface area contributed by atoms with E-state index in [1.54, 1.807) is 18.7 Å². The molecule has 0 bridgehead atoms. The Hall–Kier alpha value is -0.440. The van der Waals surface area contributed by atoms with E-state index >= 15 is 0 Å². The lowest BCUT2D eigenvalue weighted by Gasteiger charge is -2.22. The molecule has 1 saturated heterocycles. The molecule has 8 heteroatoms. The number of anilines is 1. The zero-order valence-electron chi connectivity index (χ0n) is 12.0. The molecule has 1 aliphatic rings. The molecule has 0 radical (unpaired) electrons. The van der Waals surface area contributed by atoms with E-state index in [4.69, 9.17) is 5.73 Å². The zero-order valence-corrected chi connectivity index (χ0v) is 14.4. The van der Waals surface area contributed by atoms with Crippen molar-refractivity contribution >= 4 is 39.2 Å². The lowest BCUT2D eigenvalue weighted by atomic mass is 10.1. The van der Waals surface area contributed by atoms with Gasteiger partial charge in [0, 0.05) is 29.1 Å². The van der Waals surface area contributed by atoms with Crippen LogP contribution in [0.2, 0.25) is 0 Å². The van der Waals surface area contributed by atoms with Gasteiger partial charge >= 0.3 is 0 Å². The molecule has 4 nitrogen and oxygen atoms in total. The third kappa shape index (κ3) is 3.85. The molecule has 3 N–H and O–H groups in total. The second-order valence-corrected chi connectivity index (χ2v) is 9.22. The van der Waals surface area contributed by atoms with E-state index in [-0.39, 0.29) is 21.4 Å². The summed E-state index contributed by atoms with van der Waals surface area (Å²) in [5.41, 5.74) is 6.15. The summed E-state index contributed by atoms with van der Waals surface area (Å²) in [6.07, 6.45) is 0. The van der Waals surface area contributed by atoms with Crippen LogP contribution in [0, 0.1) is 19.7 Å². The Labute approximate surface area is 133 Å². The number of benzene rings is 1. The van der Waals surface area contributed by atoms with Crippen LogP contribution in [0.3, 0.4) is 0 Å². The summed E-state index contributed by atoms with van der Waals surface area (Å²) < 4.78 is 41.1. The molecule has 1 aromatic rings. The Kier molecular flexibility index (Phi) is 5.45. The number of sulfonamides is 1. The molecule has 1 atom stereocenters. The predicted molar refractivity (Wildman–Crippen MR) is 89.0 cm³/mol. The number of aryl methyl sites for hydroxylation is 1. The van der Waals surface area contributed by atoms with E-state index in [1.165, 1.54) is 13.0 Å². The molecule has 2 rings (SSSR count). The minimum atomic E-state index is -3.68. The van der Waals surface area contributed by atoms with Crippen LogP contribution >= 0.6 is 23.5 Å². The third-order valence-electron chi connectivity index (χ3n) is 3.36. The van der Waals surface area contributed by atoms with Crippen molar-refractivity contribution in [2.24, 2.45) is 0 Å². The van der Waals surface area contributed by atoms with Gasteiger partial charge in [-0.05, 0) is 31.0 Å². The van der Waals surface area contributed by atoms with Gasteiger partial charge in [0.15, 0.2) is 0 Å². The largest absolute Gasteiger partial charge is 0.396 e. The quantitative estimate of drug-likeness (QED) is 0.814. The summed E-state index contributed by atoms with van der Waals surface area (Å²) in [6.45, 7) is 3.50. The van der Waals surface area contributed by atoms with E-state index in [0.717, 1.165) is 17.3 Å². The van der Waals surface area contributed by atoms with Crippen molar-refractivity contribution in [3.8, 4) is 0 Å². The number of nitrogen functional groups attached to an aromatic ring is 1. The Bertz CT molecular complexity index is 629. The molecular weight excluding hydrogens is 331 g/mol. The van der Waals surface area contributed by atoms with Crippen LogP contribution < -0.4 is 10.5 Å². The van der Waals surface area contributed by atoms with Crippen molar-refractivity contribution in [3.05, 3.63) is 23.0 Å². The predicted octanol–water partition coefficient (Wildman–Crippen LogP) is 2.15. The van der Waals surface area contributed by atoms with Crippen LogP contribution in [-0.4, -0.2) is 37.5 Å². The maximum Gasteiger partial charge on any atom is 0.241 e. The maximum atomic E-state index is 13.5. The maximum absolute atomic E-state index is 13.5. The van der Waals surface area contributed by atoms with E-state index in [9.17, 15) is 12.8 Å². The standard InChI is InChI=1S/C13H19FN2O2S3/c1-8-5-11(14)12(15)9(2)13(8)21(17,18)16-6-10-7-19-3-4-20-10/h5,10,16H,3-4,6-7,15H2,1-2H3. The molecule has 0 aromatic heterocycles. The fraction of sp³-hybridized carbons (Fsp3) is 0.538. The molecule has 1 heterocycles. The fourth-order valence-electron chi connectivity index (χ4n) is 2.27. The second kappa shape index (κ2) is 6.76. The molecule has 0 spiro atoms. The highest BCUT2D eigenvalue weighted by molar-refractivity contribution is 8.06. The topological polar surface area (TPSA) is 72.2 Å². The van der Waals surface area contributed by atoms with Gasteiger partial charge in [-0.3, -0.25) is 0 Å². The van der Waals surface area contributed by atoms with E-state index < -0.39 is 15.8 Å². The average Bonchev–Trinajstić information content (AvgIpc) is 2.44. The molecule has 118 valence electrons. The van der Waals surface area contributed by atoms with Gasteiger partial charge in [-0.25, -0.2) is 17.5 Å². The summed E-state index contributed by atoms with van der Waals surface area (Å²) in [4.78, 5) is 0.0925. The normalized spacial score (nSPS) is 19.7. The van der Waals surface area contributed by atoms with Crippen LogP contribution in [-0.2, 0) is 10.0 Å². The van der Waals surface area contributed by atoms with Crippen LogP contribution in [0.4, 0.5) is 10.1 Å².